The number of fused-ring (bicyclic) bond motifs is 1. The SMILES string of the molecule is CCN(CCNC(=O)N[C@@H]1CCc2ncnn2C1)c1cccc(C)c1. The van der Waals surface area contributed by atoms with Crippen molar-refractivity contribution in [2.45, 2.75) is 39.3 Å². The van der Waals surface area contributed by atoms with Gasteiger partial charge in [-0.05, 0) is 38.0 Å². The number of hydrogen-bond acceptors (Lipinski definition) is 4. The van der Waals surface area contributed by atoms with Gasteiger partial charge in [0.2, 0.25) is 0 Å². The van der Waals surface area contributed by atoms with Crippen LogP contribution in [0.2, 0.25) is 0 Å². The molecule has 0 radical (unpaired) electrons. The molecule has 1 aliphatic heterocycles. The first-order valence-corrected chi connectivity index (χ1v) is 8.88. The van der Waals surface area contributed by atoms with Gasteiger partial charge in [-0.2, -0.15) is 5.10 Å². The van der Waals surface area contributed by atoms with E-state index in [-0.39, 0.29) is 12.1 Å². The standard InChI is InChI=1S/C18H26N6O/c1-3-23(16-6-4-5-14(2)11-16)10-9-19-18(25)22-15-7-8-17-20-13-21-24(17)12-15/h4-6,11,13,15H,3,7-10,12H2,1-2H3,(H2,19,22,25)/t15-/m1/s1. The van der Waals surface area contributed by atoms with Crippen molar-refractivity contribution >= 4 is 11.7 Å². The van der Waals surface area contributed by atoms with Gasteiger partial charge in [0.25, 0.3) is 0 Å². The van der Waals surface area contributed by atoms with E-state index >= 15 is 0 Å². The van der Waals surface area contributed by atoms with Crippen molar-refractivity contribution < 1.29 is 4.79 Å². The molecule has 0 aliphatic carbocycles. The summed E-state index contributed by atoms with van der Waals surface area (Å²) in [5.74, 6) is 0.996. The number of hydrogen-bond donors (Lipinski definition) is 2. The van der Waals surface area contributed by atoms with Gasteiger partial charge in [-0.1, -0.05) is 12.1 Å². The van der Waals surface area contributed by atoms with E-state index in [0.29, 0.717) is 13.1 Å². The number of anilines is 1. The van der Waals surface area contributed by atoms with E-state index in [9.17, 15) is 4.79 Å². The molecule has 7 nitrogen and oxygen atoms in total. The van der Waals surface area contributed by atoms with Crippen molar-refractivity contribution in [2.75, 3.05) is 24.5 Å². The third-order valence-corrected chi connectivity index (χ3v) is 4.56. The molecule has 7 heteroatoms. The molecule has 0 spiro atoms. The van der Waals surface area contributed by atoms with E-state index in [1.165, 1.54) is 11.3 Å². The predicted octanol–water partition coefficient (Wildman–Crippen LogP) is 1.73. The van der Waals surface area contributed by atoms with Crippen LogP contribution in [0.5, 0.6) is 0 Å². The Hall–Kier alpha value is -2.57. The average molecular weight is 342 g/mol. The molecule has 0 saturated carbocycles. The zero-order valence-electron chi connectivity index (χ0n) is 14.9. The van der Waals surface area contributed by atoms with Crippen molar-refractivity contribution in [1.82, 2.24) is 25.4 Å². The number of likely N-dealkylation sites (N-methyl/N-ethyl adjacent to an activating group) is 1. The highest BCUT2D eigenvalue weighted by atomic mass is 16.2. The number of nitrogens with zero attached hydrogens (tertiary/aromatic N) is 4. The fourth-order valence-electron chi connectivity index (χ4n) is 3.19. The third-order valence-electron chi connectivity index (χ3n) is 4.56. The Balaban J connectivity index is 1.43. The summed E-state index contributed by atoms with van der Waals surface area (Å²) in [6.45, 7) is 7.20. The highest BCUT2D eigenvalue weighted by Gasteiger charge is 2.21. The number of amides is 2. The molecular formula is C18H26N6O. The Morgan fingerprint density at radius 1 is 1.44 bits per heavy atom. The normalized spacial score (nSPS) is 16.2. The van der Waals surface area contributed by atoms with E-state index in [2.05, 4.69) is 63.7 Å². The zero-order valence-corrected chi connectivity index (χ0v) is 14.9. The van der Waals surface area contributed by atoms with Crippen molar-refractivity contribution in [3.05, 3.63) is 42.0 Å². The number of carbonyl (C=O) groups is 1. The monoisotopic (exact) mass is 342 g/mol. The average Bonchev–Trinajstić information content (AvgIpc) is 3.06. The van der Waals surface area contributed by atoms with Gasteiger partial charge in [0.1, 0.15) is 12.2 Å². The number of aromatic nitrogens is 3. The molecule has 1 aromatic heterocycles. The molecule has 0 saturated heterocycles. The zero-order chi connectivity index (χ0) is 17.6. The molecule has 2 amide bonds. The van der Waals surface area contributed by atoms with E-state index in [1.807, 2.05) is 4.68 Å². The second kappa shape index (κ2) is 8.00. The maximum atomic E-state index is 12.1. The second-order valence-electron chi connectivity index (χ2n) is 6.41. The van der Waals surface area contributed by atoms with Gasteiger partial charge in [-0.3, -0.25) is 0 Å². The molecule has 0 unspecified atom stereocenters. The molecule has 2 heterocycles. The molecule has 0 bridgehead atoms. The van der Waals surface area contributed by atoms with Gasteiger partial charge >= 0.3 is 6.03 Å². The minimum Gasteiger partial charge on any atom is -0.370 e. The molecule has 3 rings (SSSR count). The van der Waals surface area contributed by atoms with Crippen molar-refractivity contribution in [3.8, 4) is 0 Å². The van der Waals surface area contributed by atoms with Crippen LogP contribution in [0.25, 0.3) is 0 Å². The number of rotatable bonds is 6. The molecule has 1 atom stereocenters. The Kier molecular flexibility index (Phi) is 5.53. The van der Waals surface area contributed by atoms with Gasteiger partial charge in [0.05, 0.1) is 12.6 Å². The van der Waals surface area contributed by atoms with Crippen molar-refractivity contribution in [3.63, 3.8) is 0 Å². The molecule has 2 N–H and O–H groups in total. The van der Waals surface area contributed by atoms with Crippen LogP contribution in [0, 0.1) is 6.92 Å². The Labute approximate surface area is 148 Å². The van der Waals surface area contributed by atoms with Crippen LogP contribution >= 0.6 is 0 Å². The Morgan fingerprint density at radius 3 is 3.12 bits per heavy atom. The van der Waals surface area contributed by atoms with Crippen LogP contribution in [-0.2, 0) is 13.0 Å². The molecule has 1 aromatic carbocycles. The fraction of sp³-hybridized carbons (Fsp3) is 0.500. The second-order valence-corrected chi connectivity index (χ2v) is 6.41. The minimum atomic E-state index is -0.117. The summed E-state index contributed by atoms with van der Waals surface area (Å²) in [6.07, 6.45) is 3.32. The molecule has 1 aliphatic rings. The van der Waals surface area contributed by atoms with E-state index in [1.54, 1.807) is 6.33 Å². The fourth-order valence-corrected chi connectivity index (χ4v) is 3.19. The first-order valence-electron chi connectivity index (χ1n) is 8.88. The van der Waals surface area contributed by atoms with E-state index in [0.717, 1.165) is 31.8 Å². The summed E-state index contributed by atoms with van der Waals surface area (Å²) in [6, 6.07) is 8.42. The predicted molar refractivity (Wildman–Crippen MR) is 97.7 cm³/mol. The summed E-state index contributed by atoms with van der Waals surface area (Å²) in [5.41, 5.74) is 2.43. The highest BCUT2D eigenvalue weighted by molar-refractivity contribution is 5.74. The van der Waals surface area contributed by atoms with Crippen LogP contribution in [0.15, 0.2) is 30.6 Å². The maximum absolute atomic E-state index is 12.1. The lowest BCUT2D eigenvalue weighted by atomic mass is 10.1. The number of nitrogens with one attached hydrogen (secondary N) is 2. The summed E-state index contributed by atoms with van der Waals surface area (Å²) < 4.78 is 1.87. The largest absolute Gasteiger partial charge is 0.370 e. The Bertz CT molecular complexity index is 713. The first kappa shape index (κ1) is 17.3. The summed E-state index contributed by atoms with van der Waals surface area (Å²) in [4.78, 5) is 18.6. The molecule has 134 valence electrons. The van der Waals surface area contributed by atoms with Gasteiger partial charge in [-0.25, -0.2) is 14.5 Å². The van der Waals surface area contributed by atoms with E-state index in [4.69, 9.17) is 0 Å². The number of aryl methyl sites for hydroxylation is 2. The topological polar surface area (TPSA) is 75.1 Å². The highest BCUT2D eigenvalue weighted by Crippen LogP contribution is 2.15. The molecular weight excluding hydrogens is 316 g/mol. The lowest BCUT2D eigenvalue weighted by molar-refractivity contribution is 0.232. The molecule has 0 fully saturated rings. The summed E-state index contributed by atoms with van der Waals surface area (Å²) in [7, 11) is 0. The number of urea groups is 1. The third kappa shape index (κ3) is 4.49. The van der Waals surface area contributed by atoms with Crippen LogP contribution in [-0.4, -0.2) is 46.5 Å². The van der Waals surface area contributed by atoms with Crippen LogP contribution in [0.4, 0.5) is 10.5 Å². The maximum Gasteiger partial charge on any atom is 0.315 e. The lowest BCUT2D eigenvalue weighted by Gasteiger charge is -2.25. The molecule has 2 aromatic rings. The number of benzene rings is 1. The quantitative estimate of drug-likeness (QED) is 0.838. The smallest absolute Gasteiger partial charge is 0.315 e. The van der Waals surface area contributed by atoms with Gasteiger partial charge < -0.3 is 15.5 Å². The molecule has 25 heavy (non-hydrogen) atoms. The Morgan fingerprint density at radius 2 is 2.32 bits per heavy atom. The lowest BCUT2D eigenvalue weighted by Crippen LogP contribution is -2.47. The summed E-state index contributed by atoms with van der Waals surface area (Å²) >= 11 is 0. The minimum absolute atomic E-state index is 0.105. The van der Waals surface area contributed by atoms with Gasteiger partial charge in [-0.15, -0.1) is 0 Å². The first-order chi connectivity index (χ1) is 12.2. The van der Waals surface area contributed by atoms with Gasteiger partial charge in [0, 0.05) is 31.7 Å². The number of carbonyl (C=O) groups excluding carboxylic acids is 1. The van der Waals surface area contributed by atoms with Crippen LogP contribution < -0.4 is 15.5 Å². The van der Waals surface area contributed by atoms with Crippen LogP contribution in [0.1, 0.15) is 24.7 Å². The van der Waals surface area contributed by atoms with Crippen molar-refractivity contribution in [1.29, 1.82) is 0 Å². The van der Waals surface area contributed by atoms with Crippen molar-refractivity contribution in [2.24, 2.45) is 0 Å². The van der Waals surface area contributed by atoms with E-state index < -0.39 is 0 Å². The van der Waals surface area contributed by atoms with Crippen LogP contribution in [0.3, 0.4) is 0 Å². The van der Waals surface area contributed by atoms with Gasteiger partial charge in [0.15, 0.2) is 0 Å². The summed E-state index contributed by atoms with van der Waals surface area (Å²) in [5, 5.41) is 10.2.